The number of carbonyl (C=O) groups excluding carboxylic acids is 1. The molecular weight excluding hydrogens is 316 g/mol. The highest BCUT2D eigenvalue weighted by atomic mass is 16.2. The molecule has 1 aliphatic rings. The molecular formula is C19H14N4O2. The zero-order valence-electron chi connectivity index (χ0n) is 13.1. The number of H-pyrrole nitrogens is 1. The molecule has 0 bridgehead atoms. The molecule has 2 atom stereocenters. The van der Waals surface area contributed by atoms with Gasteiger partial charge in [0.05, 0.1) is 17.3 Å². The first-order chi connectivity index (χ1) is 12.2. The summed E-state index contributed by atoms with van der Waals surface area (Å²) in [6.07, 6.45) is 0. The summed E-state index contributed by atoms with van der Waals surface area (Å²) in [4.78, 5) is 25.4. The van der Waals surface area contributed by atoms with Crippen LogP contribution in [0.5, 0.6) is 0 Å². The van der Waals surface area contributed by atoms with E-state index in [-0.39, 0.29) is 5.56 Å². The number of hydrogen-bond donors (Lipinski definition) is 2. The van der Waals surface area contributed by atoms with Crippen LogP contribution in [0, 0.1) is 17.2 Å². The summed E-state index contributed by atoms with van der Waals surface area (Å²) in [7, 11) is 0. The highest BCUT2D eigenvalue weighted by molar-refractivity contribution is 5.97. The van der Waals surface area contributed by atoms with E-state index >= 15 is 0 Å². The number of fused-ring (bicyclic) bond motifs is 1. The van der Waals surface area contributed by atoms with E-state index in [1.807, 2.05) is 54.6 Å². The SMILES string of the molecule is N#CC1C(=O)Nc2[nH]n(-c3ccccc3)c(=O)c2C1c1ccccc1. The molecule has 6 heteroatoms. The van der Waals surface area contributed by atoms with Crippen LogP contribution in [0.15, 0.2) is 65.5 Å². The van der Waals surface area contributed by atoms with Crippen molar-refractivity contribution in [2.24, 2.45) is 5.92 Å². The van der Waals surface area contributed by atoms with Gasteiger partial charge in [-0.15, -0.1) is 0 Å². The number of hydrogen-bond acceptors (Lipinski definition) is 3. The maximum absolute atomic E-state index is 13.0. The predicted octanol–water partition coefficient (Wildman–Crippen LogP) is 2.39. The number of rotatable bonds is 2. The average molecular weight is 330 g/mol. The van der Waals surface area contributed by atoms with Crippen LogP contribution in [-0.4, -0.2) is 15.7 Å². The van der Waals surface area contributed by atoms with Crippen LogP contribution in [0.25, 0.3) is 5.69 Å². The Labute approximate surface area is 143 Å². The van der Waals surface area contributed by atoms with Crippen molar-refractivity contribution in [2.45, 2.75) is 5.92 Å². The monoisotopic (exact) mass is 330 g/mol. The molecule has 122 valence electrons. The molecule has 1 aromatic heterocycles. The third kappa shape index (κ3) is 2.34. The van der Waals surface area contributed by atoms with Crippen LogP contribution >= 0.6 is 0 Å². The van der Waals surface area contributed by atoms with Crippen molar-refractivity contribution in [3.63, 3.8) is 0 Å². The average Bonchev–Trinajstić information content (AvgIpc) is 2.98. The van der Waals surface area contributed by atoms with E-state index in [0.717, 1.165) is 5.56 Å². The summed E-state index contributed by atoms with van der Waals surface area (Å²) in [6, 6.07) is 20.3. The van der Waals surface area contributed by atoms with Gasteiger partial charge < -0.3 is 5.32 Å². The van der Waals surface area contributed by atoms with Gasteiger partial charge in [0.15, 0.2) is 0 Å². The molecule has 3 aromatic rings. The lowest BCUT2D eigenvalue weighted by molar-refractivity contribution is -0.119. The van der Waals surface area contributed by atoms with E-state index in [1.165, 1.54) is 4.68 Å². The summed E-state index contributed by atoms with van der Waals surface area (Å²) in [6.45, 7) is 0. The summed E-state index contributed by atoms with van der Waals surface area (Å²) in [5.74, 6) is -1.63. The van der Waals surface area contributed by atoms with Crippen LogP contribution in [0.3, 0.4) is 0 Å². The summed E-state index contributed by atoms with van der Waals surface area (Å²) < 4.78 is 1.39. The highest BCUT2D eigenvalue weighted by Crippen LogP contribution is 2.38. The van der Waals surface area contributed by atoms with Crippen molar-refractivity contribution >= 4 is 11.7 Å². The second-order valence-corrected chi connectivity index (χ2v) is 5.86. The smallest absolute Gasteiger partial charge is 0.277 e. The van der Waals surface area contributed by atoms with Crippen molar-refractivity contribution in [1.29, 1.82) is 5.26 Å². The number of amides is 1. The third-order valence-corrected chi connectivity index (χ3v) is 4.41. The normalized spacial score (nSPS) is 18.9. The van der Waals surface area contributed by atoms with Crippen LogP contribution in [-0.2, 0) is 4.79 Å². The molecule has 0 saturated carbocycles. The fraction of sp³-hybridized carbons (Fsp3) is 0.105. The molecule has 1 amide bonds. The van der Waals surface area contributed by atoms with E-state index in [4.69, 9.17) is 0 Å². The molecule has 2 unspecified atom stereocenters. The Morgan fingerprint density at radius 2 is 1.60 bits per heavy atom. The number of anilines is 1. The van der Waals surface area contributed by atoms with Gasteiger partial charge in [0.25, 0.3) is 5.56 Å². The number of para-hydroxylation sites is 1. The zero-order chi connectivity index (χ0) is 17.4. The first kappa shape index (κ1) is 15.0. The summed E-state index contributed by atoms with van der Waals surface area (Å²) in [5, 5.41) is 15.1. The Kier molecular flexibility index (Phi) is 3.47. The van der Waals surface area contributed by atoms with Gasteiger partial charge in [-0.05, 0) is 17.7 Å². The lowest BCUT2D eigenvalue weighted by Crippen LogP contribution is -2.35. The molecule has 0 aliphatic carbocycles. The van der Waals surface area contributed by atoms with Crippen molar-refractivity contribution in [3.8, 4) is 11.8 Å². The van der Waals surface area contributed by atoms with E-state index in [9.17, 15) is 14.9 Å². The minimum absolute atomic E-state index is 0.268. The summed E-state index contributed by atoms with van der Waals surface area (Å²) in [5.41, 5.74) is 1.56. The number of benzene rings is 2. The fourth-order valence-electron chi connectivity index (χ4n) is 3.26. The van der Waals surface area contributed by atoms with Gasteiger partial charge >= 0.3 is 0 Å². The maximum Gasteiger partial charge on any atom is 0.277 e. The topological polar surface area (TPSA) is 90.7 Å². The van der Waals surface area contributed by atoms with Gasteiger partial charge in [-0.25, -0.2) is 4.68 Å². The number of aromatic amines is 1. The van der Waals surface area contributed by atoms with Gasteiger partial charge in [-0.1, -0.05) is 48.5 Å². The van der Waals surface area contributed by atoms with Crippen LogP contribution in [0.2, 0.25) is 0 Å². The third-order valence-electron chi connectivity index (χ3n) is 4.41. The maximum atomic E-state index is 13.0. The fourth-order valence-corrected chi connectivity index (χ4v) is 3.26. The summed E-state index contributed by atoms with van der Waals surface area (Å²) >= 11 is 0. The predicted molar refractivity (Wildman–Crippen MR) is 92.4 cm³/mol. The van der Waals surface area contributed by atoms with Crippen molar-refractivity contribution < 1.29 is 4.79 Å². The van der Waals surface area contributed by atoms with Crippen molar-refractivity contribution in [1.82, 2.24) is 9.78 Å². The van der Waals surface area contributed by atoms with E-state index in [2.05, 4.69) is 10.4 Å². The Bertz CT molecular complexity index is 1030. The van der Waals surface area contributed by atoms with Crippen LogP contribution in [0.1, 0.15) is 17.0 Å². The molecule has 2 aromatic carbocycles. The van der Waals surface area contributed by atoms with Gasteiger partial charge in [-0.3, -0.25) is 14.7 Å². The molecule has 4 rings (SSSR count). The number of carbonyl (C=O) groups is 1. The van der Waals surface area contributed by atoms with Gasteiger partial charge in [0.2, 0.25) is 5.91 Å². The standard InChI is InChI=1S/C19H14N4O2/c20-11-14-15(12-7-3-1-4-8-12)16-17(21-18(14)24)22-23(19(16)25)13-9-5-2-6-10-13/h1-10,14-15,22H,(H,21,24). The minimum Gasteiger partial charge on any atom is -0.310 e. The van der Waals surface area contributed by atoms with Crippen molar-refractivity contribution in [3.05, 3.63) is 82.1 Å². The second kappa shape index (κ2) is 5.80. The van der Waals surface area contributed by atoms with E-state index < -0.39 is 17.7 Å². The number of nitrogens with zero attached hydrogens (tertiary/aromatic N) is 2. The molecule has 25 heavy (non-hydrogen) atoms. The van der Waals surface area contributed by atoms with Gasteiger partial charge in [0, 0.05) is 5.92 Å². The molecule has 0 spiro atoms. The number of aromatic nitrogens is 2. The van der Waals surface area contributed by atoms with Crippen LogP contribution in [0.4, 0.5) is 5.82 Å². The Morgan fingerprint density at radius 1 is 0.960 bits per heavy atom. The molecule has 0 fully saturated rings. The minimum atomic E-state index is -0.956. The van der Waals surface area contributed by atoms with Crippen molar-refractivity contribution in [2.75, 3.05) is 5.32 Å². The highest BCUT2D eigenvalue weighted by Gasteiger charge is 2.40. The lowest BCUT2D eigenvalue weighted by Gasteiger charge is -2.25. The largest absolute Gasteiger partial charge is 0.310 e. The molecule has 6 nitrogen and oxygen atoms in total. The van der Waals surface area contributed by atoms with E-state index in [1.54, 1.807) is 12.1 Å². The van der Waals surface area contributed by atoms with Gasteiger partial charge in [-0.2, -0.15) is 5.26 Å². The Morgan fingerprint density at radius 3 is 2.24 bits per heavy atom. The van der Waals surface area contributed by atoms with E-state index in [0.29, 0.717) is 17.1 Å². The molecule has 0 radical (unpaired) electrons. The van der Waals surface area contributed by atoms with Gasteiger partial charge in [0.1, 0.15) is 11.7 Å². The zero-order valence-corrected chi connectivity index (χ0v) is 13.1. The number of nitriles is 1. The lowest BCUT2D eigenvalue weighted by atomic mass is 9.79. The molecule has 2 heterocycles. The number of nitrogens with one attached hydrogen (secondary N) is 2. The first-order valence-corrected chi connectivity index (χ1v) is 7.86. The second-order valence-electron chi connectivity index (χ2n) is 5.86. The molecule has 1 aliphatic heterocycles. The Balaban J connectivity index is 1.95. The molecule has 0 saturated heterocycles. The quantitative estimate of drug-likeness (QED) is 0.756. The first-order valence-electron chi connectivity index (χ1n) is 7.86. The Hall–Kier alpha value is -3.59. The van der Waals surface area contributed by atoms with Crippen LogP contribution < -0.4 is 10.9 Å². The molecule has 2 N–H and O–H groups in total.